The van der Waals surface area contributed by atoms with Gasteiger partial charge in [-0.15, -0.1) is 0 Å². The zero-order valence-electron chi connectivity index (χ0n) is 12.7. The molecule has 1 aromatic heterocycles. The number of halogens is 2. The lowest BCUT2D eigenvalue weighted by molar-refractivity contribution is 0.339. The molecule has 24 heavy (non-hydrogen) atoms. The van der Waals surface area contributed by atoms with E-state index in [-0.39, 0.29) is 0 Å². The van der Waals surface area contributed by atoms with Gasteiger partial charge in [0.15, 0.2) is 0 Å². The predicted octanol–water partition coefficient (Wildman–Crippen LogP) is 6.54. The van der Waals surface area contributed by atoms with E-state index in [1.54, 1.807) is 24.4 Å². The summed E-state index contributed by atoms with van der Waals surface area (Å²) in [7, 11) is 0. The lowest BCUT2D eigenvalue weighted by Crippen LogP contribution is -1.91. The molecule has 0 unspecified atom stereocenters. The summed E-state index contributed by atoms with van der Waals surface area (Å²) >= 11 is 10.9. The van der Waals surface area contributed by atoms with Crippen LogP contribution in [0.1, 0.15) is 6.92 Å². The van der Waals surface area contributed by atoms with E-state index in [0.717, 1.165) is 10.2 Å². The zero-order chi connectivity index (χ0) is 16.9. The molecule has 0 N–H and O–H groups in total. The van der Waals surface area contributed by atoms with Gasteiger partial charge in [-0.05, 0) is 54.7 Å². The topological polar surface area (TPSA) is 40.6 Å². The number of aromatic nitrogens is 1. The van der Waals surface area contributed by atoms with E-state index < -0.39 is 0 Å². The standard InChI is InChI=1S/C17H13BrClNO3S/c1-2-21-13-7-8-15(14(19)9-13)23-17-20-10-16(24-17)22-12-5-3-11(18)4-6-12/h3-10H,2H2,1H3. The quantitative estimate of drug-likeness (QED) is 0.448. The summed E-state index contributed by atoms with van der Waals surface area (Å²) in [5.41, 5.74) is 0. The molecule has 0 aliphatic rings. The molecular formula is C17H13BrClNO3S. The van der Waals surface area contributed by atoms with Crippen LogP contribution in [0.2, 0.25) is 5.02 Å². The number of ether oxygens (including phenoxy) is 3. The lowest BCUT2D eigenvalue weighted by Gasteiger charge is -2.07. The minimum atomic E-state index is 0.452. The Morgan fingerprint density at radius 2 is 1.83 bits per heavy atom. The molecule has 2 aromatic carbocycles. The molecule has 0 bridgehead atoms. The van der Waals surface area contributed by atoms with Crippen molar-refractivity contribution < 1.29 is 14.2 Å². The van der Waals surface area contributed by atoms with Gasteiger partial charge in [-0.2, -0.15) is 0 Å². The number of hydrogen-bond donors (Lipinski definition) is 0. The third-order valence-electron chi connectivity index (χ3n) is 2.91. The van der Waals surface area contributed by atoms with Crippen LogP contribution in [0.5, 0.6) is 27.5 Å². The van der Waals surface area contributed by atoms with Crippen LogP contribution in [0.4, 0.5) is 0 Å². The molecule has 0 atom stereocenters. The van der Waals surface area contributed by atoms with Gasteiger partial charge < -0.3 is 14.2 Å². The van der Waals surface area contributed by atoms with Crippen LogP contribution in [0.25, 0.3) is 0 Å². The molecule has 0 spiro atoms. The fraction of sp³-hybridized carbons (Fsp3) is 0.118. The van der Waals surface area contributed by atoms with Crippen molar-refractivity contribution in [3.05, 3.63) is 58.2 Å². The molecule has 0 amide bonds. The van der Waals surface area contributed by atoms with Gasteiger partial charge in [0.2, 0.25) is 5.06 Å². The molecule has 4 nitrogen and oxygen atoms in total. The van der Waals surface area contributed by atoms with E-state index in [1.807, 2.05) is 31.2 Å². The third kappa shape index (κ3) is 4.41. The van der Waals surface area contributed by atoms with Crippen LogP contribution in [0.15, 0.2) is 53.1 Å². The van der Waals surface area contributed by atoms with E-state index in [1.165, 1.54) is 11.3 Å². The van der Waals surface area contributed by atoms with E-state index in [4.69, 9.17) is 25.8 Å². The zero-order valence-corrected chi connectivity index (χ0v) is 15.8. The van der Waals surface area contributed by atoms with Crippen LogP contribution < -0.4 is 14.2 Å². The average molecular weight is 427 g/mol. The maximum Gasteiger partial charge on any atom is 0.282 e. The van der Waals surface area contributed by atoms with Crippen molar-refractivity contribution in [1.82, 2.24) is 4.98 Å². The maximum atomic E-state index is 6.20. The maximum absolute atomic E-state index is 6.20. The highest BCUT2D eigenvalue weighted by Crippen LogP contribution is 2.37. The fourth-order valence-electron chi connectivity index (χ4n) is 1.87. The van der Waals surface area contributed by atoms with E-state index >= 15 is 0 Å². The van der Waals surface area contributed by atoms with Crippen molar-refractivity contribution in [3.63, 3.8) is 0 Å². The minimum absolute atomic E-state index is 0.452. The Kier molecular flexibility index (Phi) is 5.60. The Labute approximate surface area is 157 Å². The van der Waals surface area contributed by atoms with E-state index in [9.17, 15) is 0 Å². The van der Waals surface area contributed by atoms with Gasteiger partial charge in [0.25, 0.3) is 5.19 Å². The number of thiazole rings is 1. The Bertz CT molecular complexity index is 823. The first kappa shape index (κ1) is 17.1. The Morgan fingerprint density at radius 1 is 1.08 bits per heavy atom. The van der Waals surface area contributed by atoms with Crippen molar-refractivity contribution in [2.24, 2.45) is 0 Å². The van der Waals surface area contributed by atoms with Crippen molar-refractivity contribution in [2.45, 2.75) is 6.92 Å². The Hall–Kier alpha value is -1.76. The number of nitrogens with zero attached hydrogens (tertiary/aromatic N) is 1. The van der Waals surface area contributed by atoms with Gasteiger partial charge in [0.1, 0.15) is 17.2 Å². The smallest absolute Gasteiger partial charge is 0.282 e. The molecule has 0 fully saturated rings. The molecule has 0 aliphatic carbocycles. The first-order valence-corrected chi connectivity index (χ1v) is 9.12. The summed E-state index contributed by atoms with van der Waals surface area (Å²) < 4.78 is 17.8. The summed E-state index contributed by atoms with van der Waals surface area (Å²) in [5, 5.41) is 1.55. The fourth-order valence-corrected chi connectivity index (χ4v) is 3.00. The largest absolute Gasteiger partial charge is 0.494 e. The minimum Gasteiger partial charge on any atom is -0.494 e. The second kappa shape index (κ2) is 7.88. The van der Waals surface area contributed by atoms with Crippen LogP contribution in [0, 0.1) is 0 Å². The van der Waals surface area contributed by atoms with Gasteiger partial charge in [-0.1, -0.05) is 27.5 Å². The highest BCUT2D eigenvalue weighted by atomic mass is 79.9. The Balaban J connectivity index is 1.68. The van der Waals surface area contributed by atoms with Crippen LogP contribution in [0.3, 0.4) is 0 Å². The molecular weight excluding hydrogens is 414 g/mol. The van der Waals surface area contributed by atoms with Crippen molar-refractivity contribution >= 4 is 38.9 Å². The van der Waals surface area contributed by atoms with E-state index in [0.29, 0.717) is 33.4 Å². The van der Waals surface area contributed by atoms with Crippen molar-refractivity contribution in [2.75, 3.05) is 6.61 Å². The third-order valence-corrected chi connectivity index (χ3v) is 4.48. The van der Waals surface area contributed by atoms with Crippen LogP contribution >= 0.6 is 38.9 Å². The number of rotatable bonds is 6. The average Bonchev–Trinajstić information content (AvgIpc) is 3.00. The van der Waals surface area contributed by atoms with Crippen LogP contribution in [-0.2, 0) is 0 Å². The molecule has 0 radical (unpaired) electrons. The van der Waals surface area contributed by atoms with Gasteiger partial charge in [-0.25, -0.2) is 4.98 Å². The summed E-state index contributed by atoms with van der Waals surface area (Å²) in [6.07, 6.45) is 1.62. The number of hydrogen-bond acceptors (Lipinski definition) is 5. The lowest BCUT2D eigenvalue weighted by atomic mass is 10.3. The molecule has 0 saturated heterocycles. The SMILES string of the molecule is CCOc1ccc(Oc2ncc(Oc3ccc(Br)cc3)s2)c(Cl)c1. The summed E-state index contributed by atoms with van der Waals surface area (Å²) in [6, 6.07) is 12.8. The summed E-state index contributed by atoms with van der Waals surface area (Å²) in [5.74, 6) is 1.95. The molecule has 3 rings (SSSR count). The van der Waals surface area contributed by atoms with Crippen LogP contribution in [-0.4, -0.2) is 11.6 Å². The first-order valence-electron chi connectivity index (χ1n) is 7.13. The first-order chi connectivity index (χ1) is 11.6. The van der Waals surface area contributed by atoms with Gasteiger partial charge >= 0.3 is 0 Å². The highest BCUT2D eigenvalue weighted by molar-refractivity contribution is 9.10. The normalized spacial score (nSPS) is 10.5. The van der Waals surface area contributed by atoms with Crippen molar-refractivity contribution in [1.29, 1.82) is 0 Å². The Morgan fingerprint density at radius 3 is 2.54 bits per heavy atom. The van der Waals surface area contributed by atoms with Crippen molar-refractivity contribution in [3.8, 4) is 27.5 Å². The molecule has 124 valence electrons. The van der Waals surface area contributed by atoms with Gasteiger partial charge in [-0.3, -0.25) is 0 Å². The van der Waals surface area contributed by atoms with Gasteiger partial charge in [0, 0.05) is 10.5 Å². The molecule has 0 saturated carbocycles. The number of benzene rings is 2. The predicted molar refractivity (Wildman–Crippen MR) is 99.0 cm³/mol. The second-order valence-electron chi connectivity index (χ2n) is 4.63. The molecule has 0 aliphatic heterocycles. The van der Waals surface area contributed by atoms with Gasteiger partial charge in [0.05, 0.1) is 17.8 Å². The summed E-state index contributed by atoms with van der Waals surface area (Å²) in [6.45, 7) is 2.50. The van der Waals surface area contributed by atoms with E-state index in [2.05, 4.69) is 20.9 Å². The molecule has 3 aromatic rings. The molecule has 7 heteroatoms. The summed E-state index contributed by atoms with van der Waals surface area (Å²) in [4.78, 5) is 4.20. The monoisotopic (exact) mass is 425 g/mol. The highest BCUT2D eigenvalue weighted by Gasteiger charge is 2.10. The molecule has 1 heterocycles. The second-order valence-corrected chi connectivity index (χ2v) is 6.91.